The molecule has 1 aromatic heterocycles. The molecule has 0 unspecified atom stereocenters. The number of aromatic hydroxyl groups is 1. The first kappa shape index (κ1) is 23.5. The Morgan fingerprint density at radius 1 is 1.06 bits per heavy atom. The summed E-state index contributed by atoms with van der Waals surface area (Å²) < 4.78 is 39.2. The Balaban J connectivity index is 1.90. The van der Waals surface area contributed by atoms with E-state index in [4.69, 9.17) is 11.6 Å². The smallest absolute Gasteiger partial charge is 0.402 e. The molecule has 0 aliphatic rings. The first-order chi connectivity index (χ1) is 14.9. The summed E-state index contributed by atoms with van der Waals surface area (Å²) in [5.74, 6) is -0.832. The number of hydrogen-bond donors (Lipinski definition) is 2. The summed E-state index contributed by atoms with van der Waals surface area (Å²) in [7, 11) is 0. The first-order valence-corrected chi connectivity index (χ1v) is 9.92. The van der Waals surface area contributed by atoms with Gasteiger partial charge in [0.2, 0.25) is 5.91 Å². The van der Waals surface area contributed by atoms with Gasteiger partial charge in [0, 0.05) is 17.7 Å². The number of nitrogens with zero attached hydrogens (tertiary/aromatic N) is 3. The number of hydrogen-bond acceptors (Lipinski definition) is 5. The molecule has 0 fully saturated rings. The Hall–Kier alpha value is -3.20. The van der Waals surface area contributed by atoms with Crippen molar-refractivity contribution in [1.82, 2.24) is 20.3 Å². The summed E-state index contributed by atoms with van der Waals surface area (Å²) in [6, 6.07) is 11.5. The maximum Gasteiger partial charge on any atom is 0.402 e. The molecule has 6 nitrogen and oxygen atoms in total. The SMILES string of the molecule is Cc1cccc(-c2nc(O)nc(-c3cc(CNC(=O)C(C)(C)C(F)(F)F)ccc3Cl)n2)c1. The zero-order valence-corrected chi connectivity index (χ0v) is 18.2. The number of rotatable bonds is 5. The lowest BCUT2D eigenvalue weighted by Gasteiger charge is -2.26. The van der Waals surface area contributed by atoms with E-state index in [0.717, 1.165) is 19.4 Å². The molecule has 32 heavy (non-hydrogen) atoms. The van der Waals surface area contributed by atoms with Crippen LogP contribution in [0.5, 0.6) is 6.01 Å². The Morgan fingerprint density at radius 3 is 2.41 bits per heavy atom. The summed E-state index contributed by atoms with van der Waals surface area (Å²) >= 11 is 6.28. The van der Waals surface area contributed by atoms with Crippen molar-refractivity contribution in [3.63, 3.8) is 0 Å². The minimum atomic E-state index is -4.68. The van der Waals surface area contributed by atoms with E-state index >= 15 is 0 Å². The van der Waals surface area contributed by atoms with Gasteiger partial charge in [0.15, 0.2) is 11.6 Å². The number of carbonyl (C=O) groups is 1. The van der Waals surface area contributed by atoms with E-state index in [9.17, 15) is 23.1 Å². The van der Waals surface area contributed by atoms with E-state index in [-0.39, 0.29) is 23.2 Å². The maximum absolute atomic E-state index is 13.1. The molecule has 0 aliphatic heterocycles. The molecule has 0 aliphatic carbocycles. The van der Waals surface area contributed by atoms with Crippen LogP contribution in [0.1, 0.15) is 25.0 Å². The molecule has 0 atom stereocenters. The molecule has 0 saturated carbocycles. The van der Waals surface area contributed by atoms with Crippen LogP contribution in [0.2, 0.25) is 5.02 Å². The van der Waals surface area contributed by atoms with Crippen LogP contribution in [0.3, 0.4) is 0 Å². The predicted octanol–water partition coefficient (Wildman–Crippen LogP) is 5.08. The van der Waals surface area contributed by atoms with Crippen LogP contribution in [-0.2, 0) is 11.3 Å². The molecule has 1 amide bonds. The van der Waals surface area contributed by atoms with Gasteiger partial charge < -0.3 is 10.4 Å². The highest BCUT2D eigenvalue weighted by molar-refractivity contribution is 6.33. The van der Waals surface area contributed by atoms with Gasteiger partial charge in [0.1, 0.15) is 5.41 Å². The standard InChI is InChI=1S/C22H20ClF3N4O2/c1-12-5-4-6-14(9-12)17-28-18(30-20(32)29-17)15-10-13(7-8-16(15)23)11-27-19(31)21(2,3)22(24,25)26/h4-10H,11H2,1-3H3,(H,27,31)(H,28,29,30,32). The summed E-state index contributed by atoms with van der Waals surface area (Å²) in [5, 5.41) is 12.6. The van der Waals surface area contributed by atoms with Crippen molar-refractivity contribution in [2.24, 2.45) is 5.41 Å². The van der Waals surface area contributed by atoms with Gasteiger partial charge in [0.05, 0.1) is 5.02 Å². The van der Waals surface area contributed by atoms with Gasteiger partial charge >= 0.3 is 12.2 Å². The number of carbonyl (C=O) groups excluding carboxylic acids is 1. The summed E-state index contributed by atoms with van der Waals surface area (Å²) in [4.78, 5) is 24.3. The average Bonchev–Trinajstić information content (AvgIpc) is 2.71. The minimum Gasteiger partial charge on any atom is -0.479 e. The van der Waals surface area contributed by atoms with Gasteiger partial charge in [-0.3, -0.25) is 4.79 Å². The molecule has 0 saturated heterocycles. The summed E-state index contributed by atoms with van der Waals surface area (Å²) in [6.45, 7) is 3.37. The fourth-order valence-electron chi connectivity index (χ4n) is 2.78. The van der Waals surface area contributed by atoms with E-state index in [1.165, 1.54) is 12.1 Å². The van der Waals surface area contributed by atoms with Gasteiger partial charge in [-0.1, -0.05) is 41.4 Å². The fraction of sp³-hybridized carbons (Fsp3) is 0.273. The van der Waals surface area contributed by atoms with E-state index in [1.807, 2.05) is 25.1 Å². The Labute approximate surface area is 187 Å². The average molecular weight is 465 g/mol. The molecule has 1 heterocycles. The van der Waals surface area contributed by atoms with Gasteiger partial charge in [0.25, 0.3) is 0 Å². The monoisotopic (exact) mass is 464 g/mol. The number of alkyl halides is 3. The molecule has 2 aromatic carbocycles. The van der Waals surface area contributed by atoms with E-state index in [0.29, 0.717) is 16.7 Å². The third-order valence-electron chi connectivity index (χ3n) is 4.90. The third-order valence-corrected chi connectivity index (χ3v) is 5.23. The Kier molecular flexibility index (Phi) is 6.41. The zero-order valence-electron chi connectivity index (χ0n) is 17.5. The van der Waals surface area contributed by atoms with Crippen molar-refractivity contribution in [3.05, 3.63) is 58.6 Å². The lowest BCUT2D eigenvalue weighted by Crippen LogP contribution is -2.46. The number of nitrogens with one attached hydrogen (secondary N) is 1. The predicted molar refractivity (Wildman–Crippen MR) is 114 cm³/mol. The first-order valence-electron chi connectivity index (χ1n) is 9.54. The number of benzene rings is 2. The van der Waals surface area contributed by atoms with Gasteiger partial charge in [-0.15, -0.1) is 0 Å². The second-order valence-corrected chi connectivity index (χ2v) is 8.18. The normalized spacial score (nSPS) is 12.0. The summed E-state index contributed by atoms with van der Waals surface area (Å²) in [6.07, 6.45) is -4.68. The van der Waals surface area contributed by atoms with E-state index in [2.05, 4.69) is 20.3 Å². The van der Waals surface area contributed by atoms with Crippen molar-refractivity contribution in [2.45, 2.75) is 33.5 Å². The number of halogens is 4. The highest BCUT2D eigenvalue weighted by atomic mass is 35.5. The van der Waals surface area contributed by atoms with Gasteiger partial charge in [-0.2, -0.15) is 23.1 Å². The van der Waals surface area contributed by atoms with Crippen molar-refractivity contribution >= 4 is 17.5 Å². The second-order valence-electron chi connectivity index (χ2n) is 7.77. The van der Waals surface area contributed by atoms with E-state index < -0.39 is 23.5 Å². The Morgan fingerprint density at radius 2 is 1.75 bits per heavy atom. The highest BCUT2D eigenvalue weighted by Crippen LogP contribution is 2.37. The molecule has 10 heteroatoms. The molecular formula is C22H20ClF3N4O2. The lowest BCUT2D eigenvalue weighted by atomic mass is 9.91. The van der Waals surface area contributed by atoms with Crippen LogP contribution < -0.4 is 5.32 Å². The van der Waals surface area contributed by atoms with Crippen molar-refractivity contribution in [2.75, 3.05) is 0 Å². The number of aromatic nitrogens is 3. The molecule has 0 radical (unpaired) electrons. The van der Waals surface area contributed by atoms with Crippen LogP contribution in [0.15, 0.2) is 42.5 Å². The lowest BCUT2D eigenvalue weighted by molar-refractivity contribution is -0.211. The van der Waals surface area contributed by atoms with Crippen LogP contribution in [0.4, 0.5) is 13.2 Å². The van der Waals surface area contributed by atoms with Crippen molar-refractivity contribution in [3.8, 4) is 28.8 Å². The van der Waals surface area contributed by atoms with Crippen LogP contribution in [-0.4, -0.2) is 32.1 Å². The van der Waals surface area contributed by atoms with Crippen LogP contribution in [0, 0.1) is 12.3 Å². The van der Waals surface area contributed by atoms with Gasteiger partial charge in [-0.05, 0) is 44.5 Å². The molecular weight excluding hydrogens is 445 g/mol. The topological polar surface area (TPSA) is 88.0 Å². The highest BCUT2D eigenvalue weighted by Gasteiger charge is 2.52. The third kappa shape index (κ3) is 4.99. The largest absolute Gasteiger partial charge is 0.479 e. The quantitative estimate of drug-likeness (QED) is 0.550. The Bertz CT molecular complexity index is 1170. The zero-order chi connectivity index (χ0) is 23.7. The fourth-order valence-corrected chi connectivity index (χ4v) is 2.99. The maximum atomic E-state index is 13.1. The minimum absolute atomic E-state index is 0.0859. The molecule has 2 N–H and O–H groups in total. The number of amides is 1. The van der Waals surface area contributed by atoms with Crippen LogP contribution >= 0.6 is 11.6 Å². The van der Waals surface area contributed by atoms with Crippen molar-refractivity contribution in [1.29, 1.82) is 0 Å². The molecule has 0 spiro atoms. The number of aryl methyl sites for hydroxylation is 1. The second kappa shape index (κ2) is 8.74. The van der Waals surface area contributed by atoms with E-state index in [1.54, 1.807) is 12.1 Å². The van der Waals surface area contributed by atoms with Gasteiger partial charge in [-0.25, -0.2) is 4.98 Å². The molecule has 3 aromatic rings. The molecule has 0 bridgehead atoms. The van der Waals surface area contributed by atoms with Crippen LogP contribution in [0.25, 0.3) is 22.8 Å². The van der Waals surface area contributed by atoms with Crippen molar-refractivity contribution < 1.29 is 23.1 Å². The summed E-state index contributed by atoms with van der Waals surface area (Å²) in [5.41, 5.74) is -0.0856. The molecule has 3 rings (SSSR count). The molecule has 168 valence electrons.